The highest BCUT2D eigenvalue weighted by Crippen LogP contribution is 2.22. The summed E-state index contributed by atoms with van der Waals surface area (Å²) in [7, 11) is 0. The van der Waals surface area contributed by atoms with Crippen LogP contribution in [0.25, 0.3) is 0 Å². The monoisotopic (exact) mass is 259 g/mol. The quantitative estimate of drug-likeness (QED) is 0.379. The summed E-state index contributed by atoms with van der Waals surface area (Å²) < 4.78 is 0. The SMILES string of the molecule is Nc1cccc(C(=O)CCBr)c1S. The number of nitrogen functional groups attached to an aromatic ring is 1. The van der Waals surface area contributed by atoms with E-state index in [1.165, 1.54) is 0 Å². The summed E-state index contributed by atoms with van der Waals surface area (Å²) in [6, 6.07) is 5.23. The van der Waals surface area contributed by atoms with E-state index >= 15 is 0 Å². The Morgan fingerprint density at radius 1 is 1.54 bits per heavy atom. The third-order valence-electron chi connectivity index (χ3n) is 1.69. The van der Waals surface area contributed by atoms with Crippen molar-refractivity contribution in [3.63, 3.8) is 0 Å². The summed E-state index contributed by atoms with van der Waals surface area (Å²) in [4.78, 5) is 12.1. The smallest absolute Gasteiger partial charge is 0.164 e. The summed E-state index contributed by atoms with van der Waals surface area (Å²) >= 11 is 7.40. The molecule has 0 atom stereocenters. The van der Waals surface area contributed by atoms with E-state index in [-0.39, 0.29) is 5.78 Å². The maximum atomic E-state index is 11.5. The van der Waals surface area contributed by atoms with Crippen LogP contribution in [-0.4, -0.2) is 11.1 Å². The highest BCUT2D eigenvalue weighted by atomic mass is 79.9. The molecule has 0 aliphatic heterocycles. The van der Waals surface area contributed by atoms with E-state index in [1.807, 2.05) is 0 Å². The molecule has 0 aliphatic carbocycles. The fraction of sp³-hybridized carbons (Fsp3) is 0.222. The van der Waals surface area contributed by atoms with Crippen LogP contribution in [0.4, 0.5) is 5.69 Å². The molecule has 2 nitrogen and oxygen atoms in total. The molecule has 2 N–H and O–H groups in total. The van der Waals surface area contributed by atoms with Crippen molar-refractivity contribution >= 4 is 40.0 Å². The van der Waals surface area contributed by atoms with Gasteiger partial charge in [-0.3, -0.25) is 4.79 Å². The molecule has 0 aliphatic rings. The molecule has 0 unspecified atom stereocenters. The number of hydrogen-bond donors (Lipinski definition) is 2. The molecule has 70 valence electrons. The number of nitrogens with two attached hydrogens (primary N) is 1. The molecular formula is C9H10BrNOS. The van der Waals surface area contributed by atoms with Crippen LogP contribution in [0.1, 0.15) is 16.8 Å². The lowest BCUT2D eigenvalue weighted by molar-refractivity contribution is 0.0987. The Kier molecular flexibility index (Phi) is 3.81. The number of rotatable bonds is 3. The van der Waals surface area contributed by atoms with Gasteiger partial charge in [-0.2, -0.15) is 0 Å². The van der Waals surface area contributed by atoms with Crippen LogP contribution in [0.3, 0.4) is 0 Å². The zero-order chi connectivity index (χ0) is 9.84. The van der Waals surface area contributed by atoms with Crippen LogP contribution >= 0.6 is 28.6 Å². The van der Waals surface area contributed by atoms with Crippen LogP contribution in [0, 0.1) is 0 Å². The maximum Gasteiger partial charge on any atom is 0.164 e. The number of thiol groups is 1. The van der Waals surface area contributed by atoms with Crippen molar-refractivity contribution in [3.8, 4) is 0 Å². The lowest BCUT2D eigenvalue weighted by atomic mass is 10.1. The summed E-state index contributed by atoms with van der Waals surface area (Å²) in [5, 5.41) is 0.661. The molecule has 0 radical (unpaired) electrons. The third-order valence-corrected chi connectivity index (χ3v) is 2.58. The summed E-state index contributed by atoms with van der Waals surface area (Å²) in [6.07, 6.45) is 0.469. The van der Waals surface area contributed by atoms with Gasteiger partial charge in [0, 0.05) is 27.9 Å². The zero-order valence-corrected chi connectivity index (χ0v) is 9.44. The first-order valence-corrected chi connectivity index (χ1v) is 5.40. The minimum atomic E-state index is 0.0641. The van der Waals surface area contributed by atoms with Gasteiger partial charge in [-0.05, 0) is 6.07 Å². The van der Waals surface area contributed by atoms with Gasteiger partial charge in [0.15, 0.2) is 5.78 Å². The van der Waals surface area contributed by atoms with Gasteiger partial charge >= 0.3 is 0 Å². The second-order valence-electron chi connectivity index (χ2n) is 2.61. The molecule has 1 aromatic rings. The van der Waals surface area contributed by atoms with Crippen molar-refractivity contribution in [2.45, 2.75) is 11.3 Å². The fourth-order valence-corrected chi connectivity index (χ4v) is 1.64. The Morgan fingerprint density at radius 2 is 2.23 bits per heavy atom. The summed E-state index contributed by atoms with van der Waals surface area (Å²) in [5.41, 5.74) is 6.76. The van der Waals surface area contributed by atoms with Crippen molar-refractivity contribution in [1.82, 2.24) is 0 Å². The first-order valence-electron chi connectivity index (χ1n) is 3.83. The second-order valence-corrected chi connectivity index (χ2v) is 3.85. The molecule has 1 aromatic carbocycles. The number of halogens is 1. The third kappa shape index (κ3) is 2.48. The number of anilines is 1. The van der Waals surface area contributed by atoms with Crippen molar-refractivity contribution in [3.05, 3.63) is 23.8 Å². The molecule has 0 fully saturated rings. The van der Waals surface area contributed by atoms with Crippen LogP contribution in [0.2, 0.25) is 0 Å². The summed E-state index contributed by atoms with van der Waals surface area (Å²) in [6.45, 7) is 0. The first-order chi connectivity index (χ1) is 6.16. The maximum absolute atomic E-state index is 11.5. The minimum Gasteiger partial charge on any atom is -0.398 e. The number of carbonyl (C=O) groups excluding carboxylic acids is 1. The van der Waals surface area contributed by atoms with Gasteiger partial charge in [0.25, 0.3) is 0 Å². The van der Waals surface area contributed by atoms with E-state index in [0.717, 1.165) is 0 Å². The number of ketones is 1. The predicted octanol–water partition coefficient (Wildman–Crippen LogP) is 2.53. The molecule has 0 saturated heterocycles. The highest BCUT2D eigenvalue weighted by molar-refractivity contribution is 9.09. The van der Waals surface area contributed by atoms with Crippen LogP contribution in [0.5, 0.6) is 0 Å². The molecule has 4 heteroatoms. The van der Waals surface area contributed by atoms with Gasteiger partial charge in [-0.25, -0.2) is 0 Å². The number of benzene rings is 1. The van der Waals surface area contributed by atoms with Crippen LogP contribution in [0.15, 0.2) is 23.1 Å². The average Bonchev–Trinajstić information content (AvgIpc) is 2.10. The van der Waals surface area contributed by atoms with E-state index in [0.29, 0.717) is 27.9 Å². The molecule has 0 heterocycles. The number of hydrogen-bond acceptors (Lipinski definition) is 3. The van der Waals surface area contributed by atoms with Crippen molar-refractivity contribution in [2.75, 3.05) is 11.1 Å². The molecule has 0 bridgehead atoms. The van der Waals surface area contributed by atoms with Gasteiger partial charge < -0.3 is 5.73 Å². The fourth-order valence-electron chi connectivity index (χ4n) is 1.01. The Hall–Kier alpha value is -0.480. The van der Waals surface area contributed by atoms with Crippen LogP contribution < -0.4 is 5.73 Å². The Bertz CT molecular complexity index is 327. The lowest BCUT2D eigenvalue weighted by Crippen LogP contribution is -2.02. The molecular weight excluding hydrogens is 250 g/mol. The van der Waals surface area contributed by atoms with Gasteiger partial charge in [0.05, 0.1) is 0 Å². The van der Waals surface area contributed by atoms with E-state index in [2.05, 4.69) is 28.6 Å². The largest absolute Gasteiger partial charge is 0.398 e. The van der Waals surface area contributed by atoms with Gasteiger partial charge in [0.1, 0.15) is 0 Å². The van der Waals surface area contributed by atoms with Gasteiger partial charge in [0.2, 0.25) is 0 Å². The second kappa shape index (κ2) is 4.67. The van der Waals surface area contributed by atoms with E-state index in [1.54, 1.807) is 18.2 Å². The number of Topliss-reactive ketones (excluding diaryl/α,β-unsaturated/α-hetero) is 1. The van der Waals surface area contributed by atoms with Crippen LogP contribution in [-0.2, 0) is 0 Å². The predicted molar refractivity (Wildman–Crippen MR) is 60.8 cm³/mol. The standard InChI is InChI=1S/C9H10BrNOS/c10-5-4-8(12)6-2-1-3-7(11)9(6)13/h1-3,13H,4-5,11H2. The zero-order valence-electron chi connectivity index (χ0n) is 6.96. The summed E-state index contributed by atoms with van der Waals surface area (Å²) in [5.74, 6) is 0.0641. The van der Waals surface area contributed by atoms with Crippen molar-refractivity contribution in [1.29, 1.82) is 0 Å². The van der Waals surface area contributed by atoms with Gasteiger partial charge in [-0.1, -0.05) is 28.1 Å². The molecule has 1 rings (SSSR count). The Morgan fingerprint density at radius 3 is 2.85 bits per heavy atom. The topological polar surface area (TPSA) is 43.1 Å². The Balaban J connectivity index is 3.01. The van der Waals surface area contributed by atoms with Crippen molar-refractivity contribution in [2.24, 2.45) is 0 Å². The van der Waals surface area contributed by atoms with Gasteiger partial charge in [-0.15, -0.1) is 12.6 Å². The molecule has 0 amide bonds. The molecule has 13 heavy (non-hydrogen) atoms. The number of carbonyl (C=O) groups is 1. The van der Waals surface area contributed by atoms with E-state index < -0.39 is 0 Å². The highest BCUT2D eigenvalue weighted by Gasteiger charge is 2.09. The molecule has 0 saturated carbocycles. The van der Waals surface area contributed by atoms with E-state index in [4.69, 9.17) is 5.73 Å². The lowest BCUT2D eigenvalue weighted by Gasteiger charge is -2.04. The molecule has 0 spiro atoms. The molecule has 0 aromatic heterocycles. The Labute approximate surface area is 91.1 Å². The minimum absolute atomic E-state index is 0.0641. The normalized spacial score (nSPS) is 10.0. The number of alkyl halides is 1. The average molecular weight is 260 g/mol. The first kappa shape index (κ1) is 10.6. The van der Waals surface area contributed by atoms with E-state index in [9.17, 15) is 4.79 Å². The van der Waals surface area contributed by atoms with Crippen molar-refractivity contribution < 1.29 is 4.79 Å².